The van der Waals surface area contributed by atoms with E-state index in [1.165, 1.54) is 17.8 Å². The molecule has 3 atom stereocenters. The Morgan fingerprint density at radius 3 is 2.75 bits per heavy atom. The van der Waals surface area contributed by atoms with Gasteiger partial charge in [-0.15, -0.1) is 0 Å². The summed E-state index contributed by atoms with van der Waals surface area (Å²) in [5.41, 5.74) is 9.54. The third-order valence-corrected chi connectivity index (χ3v) is 7.36. The van der Waals surface area contributed by atoms with E-state index in [-0.39, 0.29) is 24.0 Å². The van der Waals surface area contributed by atoms with Crippen LogP contribution in [0.2, 0.25) is 5.02 Å². The van der Waals surface area contributed by atoms with Crippen LogP contribution in [-0.4, -0.2) is 82.9 Å². The first-order valence-electron chi connectivity index (χ1n) is 12.8. The number of fused-ring (bicyclic) bond motifs is 1. The second-order valence-electron chi connectivity index (χ2n) is 9.65. The zero-order valence-electron chi connectivity index (χ0n) is 22.0. The number of nitrogens with zero attached hydrogens (tertiary/aromatic N) is 7. The molecule has 0 spiro atoms. The minimum atomic E-state index is -1.04. The third-order valence-electron chi connectivity index (χ3n) is 7.08. The zero-order valence-corrected chi connectivity index (χ0v) is 22.8. The summed E-state index contributed by atoms with van der Waals surface area (Å²) < 4.78 is 46.4. The Morgan fingerprint density at radius 2 is 2.10 bits per heavy atom. The number of methoxy groups -OCH3 is 1. The number of aliphatic imine (C=N–C) groups is 1. The normalized spacial score (nSPS) is 21.8. The lowest BCUT2D eigenvalue weighted by Crippen LogP contribution is -2.54. The van der Waals surface area contributed by atoms with Crippen molar-refractivity contribution in [1.29, 1.82) is 5.53 Å². The van der Waals surface area contributed by atoms with Crippen LogP contribution in [0.5, 0.6) is 5.75 Å². The monoisotopic (exact) mass is 574 g/mol. The largest absolute Gasteiger partial charge is 0.488 e. The van der Waals surface area contributed by atoms with Gasteiger partial charge < -0.3 is 14.2 Å². The predicted octanol–water partition coefficient (Wildman–Crippen LogP) is 4.53. The highest BCUT2D eigenvalue weighted by Crippen LogP contribution is 2.33. The molecule has 0 aromatic carbocycles. The van der Waals surface area contributed by atoms with Gasteiger partial charge in [0.05, 0.1) is 48.6 Å². The van der Waals surface area contributed by atoms with Crippen molar-refractivity contribution in [3.8, 4) is 5.75 Å². The van der Waals surface area contributed by atoms with Gasteiger partial charge in [0.1, 0.15) is 29.7 Å². The van der Waals surface area contributed by atoms with Crippen molar-refractivity contribution in [3.63, 3.8) is 0 Å². The molecule has 0 aliphatic carbocycles. The van der Waals surface area contributed by atoms with Crippen molar-refractivity contribution in [1.82, 2.24) is 24.5 Å². The Bertz CT molecular complexity index is 1410. The van der Waals surface area contributed by atoms with Gasteiger partial charge in [0.25, 0.3) is 0 Å². The molecule has 1 N–H and O–H groups in total. The molecule has 2 saturated heterocycles. The van der Waals surface area contributed by atoms with E-state index in [1.807, 2.05) is 0 Å². The zero-order chi connectivity index (χ0) is 28.2. The SMILES string of the molecule is CO[C@H](COc1cc(/C(N=N)=C(\C)N=CC2CCN(C3COC3)C[C@@H]2F)cn2ncc(Cl)c12)c1ncc(F)cn1. The predicted molar refractivity (Wildman–Crippen MR) is 143 cm³/mol. The maximum atomic E-state index is 14.9. The fraction of sp³-hybridized carbons (Fsp3) is 0.462. The standard InChI is InChI=1S/C26H29ClF2N8O3/c1-15(31-6-16-3-4-36(11-21(16)29)19-12-39-13-19)24(35-30)17-5-22(25-20(27)9-34-37(25)10-17)40-14-23(38-2)26-32-7-18(28)8-33-26/h5-10,16,19,21,23,30H,3-4,11-14H2,1-2H3/b24-15-,31-6?,35-30?/t16?,21-,23+/m0/s1. The Morgan fingerprint density at radius 1 is 1.32 bits per heavy atom. The van der Waals surface area contributed by atoms with Crippen LogP contribution in [0.25, 0.3) is 11.2 Å². The summed E-state index contributed by atoms with van der Waals surface area (Å²) in [7, 11) is 1.47. The van der Waals surface area contributed by atoms with E-state index < -0.39 is 18.1 Å². The van der Waals surface area contributed by atoms with Crippen molar-refractivity contribution in [3.05, 3.63) is 58.8 Å². The molecule has 3 aromatic rings. The van der Waals surface area contributed by atoms with Crippen molar-refractivity contribution in [2.75, 3.05) is 40.0 Å². The van der Waals surface area contributed by atoms with Crippen LogP contribution in [-0.2, 0) is 9.47 Å². The number of hydrogen-bond acceptors (Lipinski definition) is 10. The minimum absolute atomic E-state index is 0.0134. The van der Waals surface area contributed by atoms with Crippen LogP contribution in [0.3, 0.4) is 0 Å². The second-order valence-corrected chi connectivity index (χ2v) is 10.1. The summed E-state index contributed by atoms with van der Waals surface area (Å²) in [6, 6.07) is 1.97. The van der Waals surface area contributed by atoms with E-state index in [2.05, 4.69) is 30.1 Å². The third kappa shape index (κ3) is 6.02. The van der Waals surface area contributed by atoms with Crippen molar-refractivity contribution in [2.45, 2.75) is 31.7 Å². The Kier molecular flexibility index (Phi) is 8.74. The average Bonchev–Trinajstić information content (AvgIpc) is 3.29. The van der Waals surface area contributed by atoms with Crippen LogP contribution >= 0.6 is 11.6 Å². The van der Waals surface area contributed by atoms with Gasteiger partial charge in [0.15, 0.2) is 17.7 Å². The van der Waals surface area contributed by atoms with Gasteiger partial charge in [-0.1, -0.05) is 11.6 Å². The molecule has 212 valence electrons. The molecule has 5 rings (SSSR count). The lowest BCUT2D eigenvalue weighted by atomic mass is 9.94. The molecule has 2 aliphatic rings. The van der Waals surface area contributed by atoms with E-state index >= 15 is 0 Å². The molecule has 14 heteroatoms. The Balaban J connectivity index is 1.37. The molecular formula is C26H29ClF2N8O3. The van der Waals surface area contributed by atoms with Crippen LogP contribution in [0.15, 0.2) is 46.7 Å². The molecule has 40 heavy (non-hydrogen) atoms. The molecule has 1 unspecified atom stereocenters. The van der Waals surface area contributed by atoms with Gasteiger partial charge in [-0.2, -0.15) is 10.2 Å². The van der Waals surface area contributed by atoms with E-state index in [0.29, 0.717) is 59.8 Å². The summed E-state index contributed by atoms with van der Waals surface area (Å²) >= 11 is 6.38. The molecule has 2 aliphatic heterocycles. The summed E-state index contributed by atoms with van der Waals surface area (Å²) in [6.45, 7) is 4.15. The molecular weight excluding hydrogens is 546 g/mol. The molecule has 5 heterocycles. The van der Waals surface area contributed by atoms with Gasteiger partial charge in [0, 0.05) is 37.5 Å². The van der Waals surface area contributed by atoms with Gasteiger partial charge in [-0.3, -0.25) is 9.89 Å². The number of hydrogen-bond donors (Lipinski definition) is 1. The van der Waals surface area contributed by atoms with Crippen molar-refractivity contribution >= 4 is 29.0 Å². The number of nitrogens with one attached hydrogen (secondary N) is 1. The lowest BCUT2D eigenvalue weighted by Gasteiger charge is -2.42. The van der Waals surface area contributed by atoms with Gasteiger partial charge in [-0.05, 0) is 26.0 Å². The van der Waals surface area contributed by atoms with Crippen LogP contribution < -0.4 is 4.74 Å². The van der Waals surface area contributed by atoms with Gasteiger partial charge in [0.2, 0.25) is 0 Å². The fourth-order valence-electron chi connectivity index (χ4n) is 4.69. The highest BCUT2D eigenvalue weighted by molar-refractivity contribution is 6.34. The van der Waals surface area contributed by atoms with E-state index in [0.717, 1.165) is 18.9 Å². The first kappa shape index (κ1) is 28.1. The van der Waals surface area contributed by atoms with Crippen molar-refractivity contribution in [2.24, 2.45) is 16.0 Å². The molecule has 3 aromatic heterocycles. The number of piperidine rings is 1. The second kappa shape index (κ2) is 12.4. The maximum Gasteiger partial charge on any atom is 0.160 e. The first-order chi connectivity index (χ1) is 19.4. The fourth-order valence-corrected chi connectivity index (χ4v) is 4.92. The smallest absolute Gasteiger partial charge is 0.160 e. The number of halogens is 3. The van der Waals surface area contributed by atoms with Gasteiger partial charge >= 0.3 is 0 Å². The van der Waals surface area contributed by atoms with Crippen LogP contribution in [0, 0.1) is 17.3 Å². The van der Waals surface area contributed by atoms with Crippen molar-refractivity contribution < 1.29 is 23.0 Å². The van der Waals surface area contributed by atoms with Crippen LogP contribution in [0.1, 0.15) is 30.8 Å². The summed E-state index contributed by atoms with van der Waals surface area (Å²) in [5, 5.41) is 8.33. The Hall–Kier alpha value is -3.39. The number of likely N-dealkylation sites (tertiary alicyclic amines) is 1. The number of rotatable bonds is 10. The first-order valence-corrected chi connectivity index (χ1v) is 13.1. The molecule has 0 saturated carbocycles. The highest BCUT2D eigenvalue weighted by atomic mass is 35.5. The Labute approximate surface area is 234 Å². The average molecular weight is 575 g/mol. The number of aromatic nitrogens is 4. The summed E-state index contributed by atoms with van der Waals surface area (Å²) in [5.74, 6) is -0.295. The van der Waals surface area contributed by atoms with Gasteiger partial charge in [-0.25, -0.2) is 28.8 Å². The minimum Gasteiger partial charge on any atom is -0.488 e. The molecule has 0 radical (unpaired) electrons. The number of pyridine rings is 1. The summed E-state index contributed by atoms with van der Waals surface area (Å²) in [6.07, 6.45) is 5.77. The lowest BCUT2D eigenvalue weighted by molar-refractivity contribution is -0.0812. The number of ether oxygens (including phenoxy) is 3. The molecule has 11 nitrogen and oxygen atoms in total. The topological polar surface area (TPSA) is 123 Å². The molecule has 0 bridgehead atoms. The maximum absolute atomic E-state index is 14.9. The number of alkyl halides is 1. The highest BCUT2D eigenvalue weighted by Gasteiger charge is 2.34. The number of allylic oxidation sites excluding steroid dienone is 1. The summed E-state index contributed by atoms with van der Waals surface area (Å²) in [4.78, 5) is 14.6. The molecule has 0 amide bonds. The van der Waals surface area contributed by atoms with Crippen LogP contribution in [0.4, 0.5) is 8.78 Å². The van der Waals surface area contributed by atoms with E-state index in [4.69, 9.17) is 31.3 Å². The van der Waals surface area contributed by atoms with E-state index in [1.54, 1.807) is 25.4 Å². The quantitative estimate of drug-likeness (QED) is 0.279. The van der Waals surface area contributed by atoms with E-state index in [9.17, 15) is 8.78 Å². The molecule has 2 fully saturated rings.